The summed E-state index contributed by atoms with van der Waals surface area (Å²) in [6, 6.07) is 0. The minimum absolute atomic E-state index is 0.0264. The van der Waals surface area contributed by atoms with Crippen LogP contribution in [-0.2, 0) is 14.8 Å². The lowest BCUT2D eigenvalue weighted by Gasteiger charge is -2.26. The van der Waals surface area contributed by atoms with E-state index in [0.717, 1.165) is 0 Å². The Balaban J connectivity index is 2.49. The third-order valence-corrected chi connectivity index (χ3v) is 2.74. The highest BCUT2D eigenvalue weighted by Gasteiger charge is 2.24. The molecule has 0 saturated carbocycles. The largest absolute Gasteiger partial charge is 0.359 e. The molecule has 0 aromatic heterocycles. The molecule has 1 heterocycles. The zero-order valence-electron chi connectivity index (χ0n) is 6.70. The molecule has 0 aromatic rings. The molecule has 0 aromatic carbocycles. The standard InChI is InChI=1S/C6H13NO3S/c1-5(2)6-3-7-11(8,9)4-10-6/h5-7H,3-4H2,1-2H3. The molecule has 1 aliphatic rings. The third kappa shape index (κ3) is 2.43. The first kappa shape index (κ1) is 8.96. The van der Waals surface area contributed by atoms with Crippen LogP contribution in [0.3, 0.4) is 0 Å². The Bertz CT molecular complexity index is 208. The molecule has 1 unspecified atom stereocenters. The van der Waals surface area contributed by atoms with E-state index in [2.05, 4.69) is 4.72 Å². The maximum Gasteiger partial charge on any atom is 0.235 e. The Kier molecular flexibility index (Phi) is 2.51. The molecule has 4 nitrogen and oxygen atoms in total. The maximum absolute atomic E-state index is 10.8. The Morgan fingerprint density at radius 2 is 2.18 bits per heavy atom. The first-order valence-electron chi connectivity index (χ1n) is 3.60. The summed E-state index contributed by atoms with van der Waals surface area (Å²) in [5.41, 5.74) is 0. The van der Waals surface area contributed by atoms with Gasteiger partial charge < -0.3 is 4.74 Å². The number of hydrogen-bond acceptors (Lipinski definition) is 3. The highest BCUT2D eigenvalue weighted by Crippen LogP contribution is 2.10. The van der Waals surface area contributed by atoms with Crippen molar-refractivity contribution in [2.24, 2.45) is 5.92 Å². The van der Waals surface area contributed by atoms with Gasteiger partial charge in [0.1, 0.15) is 0 Å². The predicted molar refractivity (Wildman–Crippen MR) is 41.5 cm³/mol. The molecule has 1 N–H and O–H groups in total. The molecule has 1 atom stereocenters. The van der Waals surface area contributed by atoms with E-state index < -0.39 is 10.0 Å². The van der Waals surface area contributed by atoms with Crippen LogP contribution in [0.5, 0.6) is 0 Å². The van der Waals surface area contributed by atoms with E-state index in [4.69, 9.17) is 4.74 Å². The molecule has 11 heavy (non-hydrogen) atoms. The van der Waals surface area contributed by atoms with Gasteiger partial charge >= 0.3 is 0 Å². The van der Waals surface area contributed by atoms with E-state index in [0.29, 0.717) is 12.5 Å². The minimum Gasteiger partial charge on any atom is -0.359 e. The molecule has 5 heteroatoms. The van der Waals surface area contributed by atoms with Gasteiger partial charge in [-0.25, -0.2) is 13.1 Å². The van der Waals surface area contributed by atoms with Crippen molar-refractivity contribution in [2.75, 3.05) is 12.5 Å². The van der Waals surface area contributed by atoms with Gasteiger partial charge in [0.25, 0.3) is 0 Å². The van der Waals surface area contributed by atoms with Crippen LogP contribution in [0.25, 0.3) is 0 Å². The summed E-state index contributed by atoms with van der Waals surface area (Å²) >= 11 is 0. The quantitative estimate of drug-likeness (QED) is 0.612. The van der Waals surface area contributed by atoms with E-state index in [1.54, 1.807) is 0 Å². The van der Waals surface area contributed by atoms with Gasteiger partial charge in [0, 0.05) is 6.54 Å². The van der Waals surface area contributed by atoms with Crippen LogP contribution in [0.2, 0.25) is 0 Å². The van der Waals surface area contributed by atoms with E-state index in [1.807, 2.05) is 13.8 Å². The van der Waals surface area contributed by atoms with Crippen LogP contribution in [0.15, 0.2) is 0 Å². The van der Waals surface area contributed by atoms with Gasteiger partial charge in [-0.15, -0.1) is 0 Å². The van der Waals surface area contributed by atoms with Gasteiger partial charge in [0.15, 0.2) is 5.94 Å². The number of rotatable bonds is 1. The summed E-state index contributed by atoms with van der Waals surface area (Å²) in [4.78, 5) is 0. The first-order valence-corrected chi connectivity index (χ1v) is 5.25. The average Bonchev–Trinajstić information content (AvgIpc) is 1.86. The molecule has 1 rings (SSSR count). The normalized spacial score (nSPS) is 30.6. The lowest BCUT2D eigenvalue weighted by molar-refractivity contribution is 0.0443. The van der Waals surface area contributed by atoms with Gasteiger partial charge in [-0.2, -0.15) is 0 Å². The van der Waals surface area contributed by atoms with Crippen LogP contribution >= 0.6 is 0 Å². The number of hydrogen-bond donors (Lipinski definition) is 1. The van der Waals surface area contributed by atoms with Crippen molar-refractivity contribution < 1.29 is 13.2 Å². The molecular formula is C6H13NO3S. The van der Waals surface area contributed by atoms with Gasteiger partial charge in [0.05, 0.1) is 6.10 Å². The second kappa shape index (κ2) is 3.08. The summed E-state index contributed by atoms with van der Waals surface area (Å²) in [5.74, 6) is 0.161. The third-order valence-electron chi connectivity index (χ3n) is 1.69. The second-order valence-corrected chi connectivity index (χ2v) is 4.78. The molecule has 0 amide bonds. The van der Waals surface area contributed by atoms with Crippen molar-refractivity contribution in [2.45, 2.75) is 20.0 Å². The van der Waals surface area contributed by atoms with Gasteiger partial charge in [0.2, 0.25) is 10.0 Å². The molecule has 0 spiro atoms. The zero-order chi connectivity index (χ0) is 8.48. The molecule has 0 aliphatic carbocycles. The van der Waals surface area contributed by atoms with Gasteiger partial charge in [-0.05, 0) is 5.92 Å². The number of nitrogens with one attached hydrogen (secondary N) is 1. The first-order chi connectivity index (χ1) is 5.01. The minimum atomic E-state index is -3.12. The summed E-state index contributed by atoms with van der Waals surface area (Å²) < 4.78 is 29.1. The molecule has 66 valence electrons. The average molecular weight is 179 g/mol. The van der Waals surface area contributed by atoms with E-state index >= 15 is 0 Å². The van der Waals surface area contributed by atoms with Crippen molar-refractivity contribution in [3.05, 3.63) is 0 Å². The second-order valence-electron chi connectivity index (χ2n) is 3.03. The Morgan fingerprint density at radius 3 is 2.55 bits per heavy atom. The van der Waals surface area contributed by atoms with Crippen molar-refractivity contribution in [3.63, 3.8) is 0 Å². The molecule has 0 bridgehead atoms. The SMILES string of the molecule is CC(C)C1CNS(=O)(=O)CO1. The molecule has 1 fully saturated rings. The molecule has 1 aliphatic heterocycles. The van der Waals surface area contributed by atoms with Crippen LogP contribution < -0.4 is 4.72 Å². The fourth-order valence-electron chi connectivity index (χ4n) is 0.915. The molecular weight excluding hydrogens is 166 g/mol. The highest BCUT2D eigenvalue weighted by molar-refractivity contribution is 7.89. The lowest BCUT2D eigenvalue weighted by atomic mass is 10.1. The van der Waals surface area contributed by atoms with Gasteiger partial charge in [-0.3, -0.25) is 0 Å². The van der Waals surface area contributed by atoms with Crippen LogP contribution in [0.4, 0.5) is 0 Å². The van der Waals surface area contributed by atoms with E-state index in [1.165, 1.54) is 0 Å². The fraction of sp³-hybridized carbons (Fsp3) is 1.00. The summed E-state index contributed by atoms with van der Waals surface area (Å²) in [6.45, 7) is 4.41. The highest BCUT2D eigenvalue weighted by atomic mass is 32.2. The molecule has 1 saturated heterocycles. The smallest absolute Gasteiger partial charge is 0.235 e. The van der Waals surface area contributed by atoms with Crippen molar-refractivity contribution in [1.82, 2.24) is 4.72 Å². The number of sulfonamides is 1. The summed E-state index contributed by atoms with van der Waals surface area (Å²) in [6.07, 6.45) is 0.0264. The molecule has 0 radical (unpaired) electrons. The van der Waals surface area contributed by atoms with Crippen LogP contribution in [-0.4, -0.2) is 27.0 Å². The van der Waals surface area contributed by atoms with Gasteiger partial charge in [-0.1, -0.05) is 13.8 Å². The Labute approximate surface area is 67.0 Å². The van der Waals surface area contributed by atoms with Crippen molar-refractivity contribution in [1.29, 1.82) is 0 Å². The van der Waals surface area contributed by atoms with Crippen molar-refractivity contribution >= 4 is 10.0 Å². The van der Waals surface area contributed by atoms with E-state index in [-0.39, 0.29) is 12.0 Å². The summed E-state index contributed by atoms with van der Waals surface area (Å²) in [7, 11) is -3.12. The van der Waals surface area contributed by atoms with Crippen LogP contribution in [0, 0.1) is 5.92 Å². The van der Waals surface area contributed by atoms with Crippen molar-refractivity contribution in [3.8, 4) is 0 Å². The predicted octanol–water partition coefficient (Wildman–Crippen LogP) is -0.0819. The Hall–Kier alpha value is -0.130. The zero-order valence-corrected chi connectivity index (χ0v) is 7.52. The summed E-state index contributed by atoms with van der Waals surface area (Å²) in [5, 5.41) is 0. The van der Waals surface area contributed by atoms with E-state index in [9.17, 15) is 8.42 Å². The topological polar surface area (TPSA) is 55.4 Å². The van der Waals surface area contributed by atoms with Crippen LogP contribution in [0.1, 0.15) is 13.8 Å². The maximum atomic E-state index is 10.8. The Morgan fingerprint density at radius 1 is 1.55 bits per heavy atom. The fourth-order valence-corrected chi connectivity index (χ4v) is 1.77. The lowest BCUT2D eigenvalue weighted by Crippen LogP contribution is -2.44. The number of ether oxygens (including phenoxy) is 1. The monoisotopic (exact) mass is 179 g/mol.